The Morgan fingerprint density at radius 2 is 2.31 bits per heavy atom. The Bertz CT molecular complexity index is 235. The minimum Gasteiger partial charge on any atom is -0.329 e. The molecule has 0 aromatic carbocycles. The number of nitrogens with two attached hydrogens (primary N) is 1. The van der Waals surface area contributed by atoms with Crippen LogP contribution in [0.25, 0.3) is 0 Å². The van der Waals surface area contributed by atoms with Crippen LogP contribution in [0.4, 0.5) is 0 Å². The van der Waals surface area contributed by atoms with Gasteiger partial charge in [-0.05, 0) is 25.5 Å². The van der Waals surface area contributed by atoms with Crippen molar-refractivity contribution in [1.82, 2.24) is 10.3 Å². The van der Waals surface area contributed by atoms with Gasteiger partial charge in [-0.2, -0.15) is 0 Å². The van der Waals surface area contributed by atoms with E-state index < -0.39 is 0 Å². The van der Waals surface area contributed by atoms with E-state index in [0.717, 1.165) is 0 Å². The average molecular weight is 179 g/mol. The highest BCUT2D eigenvalue weighted by Crippen LogP contribution is 2.09. The highest BCUT2D eigenvalue weighted by molar-refractivity contribution is 5.12. The monoisotopic (exact) mass is 179 g/mol. The van der Waals surface area contributed by atoms with E-state index in [1.54, 1.807) is 6.20 Å². The lowest BCUT2D eigenvalue weighted by Gasteiger charge is -2.18. The molecule has 0 aliphatic carbocycles. The van der Waals surface area contributed by atoms with Gasteiger partial charge in [0.1, 0.15) is 0 Å². The number of hydrogen-bond acceptors (Lipinski definition) is 3. The van der Waals surface area contributed by atoms with Crippen LogP contribution in [0, 0.1) is 0 Å². The number of hydrogen-bond donors (Lipinski definition) is 2. The van der Waals surface area contributed by atoms with E-state index in [9.17, 15) is 0 Å². The maximum Gasteiger partial charge on any atom is 0.0315 e. The smallest absolute Gasteiger partial charge is 0.0315 e. The van der Waals surface area contributed by atoms with E-state index in [0.29, 0.717) is 18.6 Å². The summed E-state index contributed by atoms with van der Waals surface area (Å²) in [6, 6.07) is 4.66. The van der Waals surface area contributed by atoms with Crippen molar-refractivity contribution in [3.8, 4) is 0 Å². The summed E-state index contributed by atoms with van der Waals surface area (Å²) in [5.41, 5.74) is 6.72. The predicted molar refractivity (Wildman–Crippen MR) is 54.3 cm³/mol. The largest absolute Gasteiger partial charge is 0.329 e. The van der Waals surface area contributed by atoms with Crippen LogP contribution in [0.1, 0.15) is 25.5 Å². The van der Waals surface area contributed by atoms with Gasteiger partial charge in [-0.15, -0.1) is 0 Å². The summed E-state index contributed by atoms with van der Waals surface area (Å²) in [6.45, 7) is 4.85. The molecular weight excluding hydrogens is 162 g/mol. The summed E-state index contributed by atoms with van der Waals surface area (Å²) in [6.07, 6.45) is 3.66. The van der Waals surface area contributed by atoms with E-state index >= 15 is 0 Å². The SMILES string of the molecule is CC(CN)NC(C)c1cccnc1. The minimum absolute atomic E-state index is 0.312. The molecule has 1 heterocycles. The van der Waals surface area contributed by atoms with Crippen molar-refractivity contribution in [2.24, 2.45) is 5.73 Å². The maximum atomic E-state index is 5.52. The molecule has 1 aromatic rings. The van der Waals surface area contributed by atoms with Crippen molar-refractivity contribution in [3.05, 3.63) is 30.1 Å². The van der Waals surface area contributed by atoms with E-state index in [1.807, 2.05) is 12.3 Å². The quantitative estimate of drug-likeness (QED) is 0.727. The Morgan fingerprint density at radius 1 is 1.54 bits per heavy atom. The first kappa shape index (κ1) is 10.2. The third-order valence-electron chi connectivity index (χ3n) is 2.07. The minimum atomic E-state index is 0.312. The molecule has 3 nitrogen and oxygen atoms in total. The molecule has 0 aliphatic rings. The Balaban J connectivity index is 2.53. The molecule has 0 saturated heterocycles. The molecule has 0 fully saturated rings. The van der Waals surface area contributed by atoms with Crippen LogP contribution in [0.2, 0.25) is 0 Å². The van der Waals surface area contributed by atoms with Crippen LogP contribution in [0.5, 0.6) is 0 Å². The molecule has 0 bridgehead atoms. The Hall–Kier alpha value is -0.930. The summed E-state index contributed by atoms with van der Waals surface area (Å²) in [5.74, 6) is 0. The first-order valence-electron chi connectivity index (χ1n) is 4.60. The fourth-order valence-electron chi connectivity index (χ4n) is 1.22. The number of pyridine rings is 1. The van der Waals surface area contributed by atoms with E-state index in [2.05, 4.69) is 30.2 Å². The van der Waals surface area contributed by atoms with Crippen molar-refractivity contribution >= 4 is 0 Å². The van der Waals surface area contributed by atoms with Gasteiger partial charge < -0.3 is 11.1 Å². The van der Waals surface area contributed by atoms with E-state index in [-0.39, 0.29) is 0 Å². The summed E-state index contributed by atoms with van der Waals surface area (Å²) >= 11 is 0. The molecule has 72 valence electrons. The predicted octanol–water partition coefficient (Wildman–Crippen LogP) is 1.08. The van der Waals surface area contributed by atoms with Gasteiger partial charge in [0.2, 0.25) is 0 Å². The first-order valence-corrected chi connectivity index (χ1v) is 4.60. The average Bonchev–Trinajstić information content (AvgIpc) is 2.19. The van der Waals surface area contributed by atoms with Gasteiger partial charge in [-0.25, -0.2) is 0 Å². The highest BCUT2D eigenvalue weighted by Gasteiger charge is 2.07. The summed E-state index contributed by atoms with van der Waals surface area (Å²) in [5, 5.41) is 3.38. The standard InChI is InChI=1S/C10H17N3/c1-8(6-11)13-9(2)10-4-3-5-12-7-10/h3-5,7-9,13H,6,11H2,1-2H3. The van der Waals surface area contributed by atoms with Crippen LogP contribution in [-0.2, 0) is 0 Å². The molecule has 3 heteroatoms. The molecule has 13 heavy (non-hydrogen) atoms. The van der Waals surface area contributed by atoms with Crippen LogP contribution in [0.3, 0.4) is 0 Å². The second-order valence-electron chi connectivity index (χ2n) is 3.31. The molecule has 3 N–H and O–H groups in total. The molecule has 2 atom stereocenters. The summed E-state index contributed by atoms with van der Waals surface area (Å²) < 4.78 is 0. The van der Waals surface area contributed by atoms with E-state index in [4.69, 9.17) is 5.73 Å². The Kier molecular flexibility index (Phi) is 3.86. The van der Waals surface area contributed by atoms with Crippen molar-refractivity contribution in [3.63, 3.8) is 0 Å². The molecule has 0 spiro atoms. The zero-order valence-electron chi connectivity index (χ0n) is 8.20. The van der Waals surface area contributed by atoms with Crippen molar-refractivity contribution < 1.29 is 0 Å². The third kappa shape index (κ3) is 3.13. The van der Waals surface area contributed by atoms with Gasteiger partial charge >= 0.3 is 0 Å². The molecule has 0 aliphatic heterocycles. The number of nitrogens with one attached hydrogen (secondary N) is 1. The fourth-order valence-corrected chi connectivity index (χ4v) is 1.22. The Morgan fingerprint density at radius 3 is 2.85 bits per heavy atom. The second-order valence-corrected chi connectivity index (χ2v) is 3.31. The molecule has 1 rings (SSSR count). The number of nitrogens with zero attached hydrogens (tertiary/aromatic N) is 1. The number of rotatable bonds is 4. The fraction of sp³-hybridized carbons (Fsp3) is 0.500. The van der Waals surface area contributed by atoms with Crippen molar-refractivity contribution in [2.45, 2.75) is 25.9 Å². The van der Waals surface area contributed by atoms with Crippen molar-refractivity contribution in [2.75, 3.05) is 6.54 Å². The lowest BCUT2D eigenvalue weighted by Crippen LogP contribution is -2.35. The molecule has 0 radical (unpaired) electrons. The van der Waals surface area contributed by atoms with E-state index in [1.165, 1.54) is 5.56 Å². The van der Waals surface area contributed by atoms with Crippen molar-refractivity contribution in [1.29, 1.82) is 0 Å². The van der Waals surface area contributed by atoms with Gasteiger partial charge in [0, 0.05) is 31.0 Å². The molecule has 0 saturated carbocycles. The van der Waals surface area contributed by atoms with Crippen LogP contribution in [0.15, 0.2) is 24.5 Å². The normalized spacial score (nSPS) is 15.3. The van der Waals surface area contributed by atoms with Gasteiger partial charge in [0.15, 0.2) is 0 Å². The lowest BCUT2D eigenvalue weighted by molar-refractivity contribution is 0.485. The second kappa shape index (κ2) is 4.94. The number of aromatic nitrogens is 1. The summed E-state index contributed by atoms with van der Waals surface area (Å²) in [4.78, 5) is 4.07. The topological polar surface area (TPSA) is 50.9 Å². The van der Waals surface area contributed by atoms with Gasteiger partial charge in [0.05, 0.1) is 0 Å². The van der Waals surface area contributed by atoms with Crippen LogP contribution in [-0.4, -0.2) is 17.6 Å². The third-order valence-corrected chi connectivity index (χ3v) is 2.07. The molecule has 2 unspecified atom stereocenters. The van der Waals surface area contributed by atoms with Gasteiger partial charge in [-0.3, -0.25) is 4.98 Å². The summed E-state index contributed by atoms with van der Waals surface area (Å²) in [7, 11) is 0. The van der Waals surface area contributed by atoms with Gasteiger partial charge in [-0.1, -0.05) is 6.07 Å². The highest BCUT2D eigenvalue weighted by atomic mass is 15.0. The zero-order valence-corrected chi connectivity index (χ0v) is 8.20. The Labute approximate surface area is 79.4 Å². The molecular formula is C10H17N3. The lowest BCUT2D eigenvalue weighted by atomic mass is 10.1. The van der Waals surface area contributed by atoms with Gasteiger partial charge in [0.25, 0.3) is 0 Å². The van der Waals surface area contributed by atoms with Crippen LogP contribution < -0.4 is 11.1 Å². The zero-order chi connectivity index (χ0) is 9.68. The first-order chi connectivity index (χ1) is 6.24. The maximum absolute atomic E-state index is 5.52. The molecule has 1 aromatic heterocycles. The molecule has 0 amide bonds. The van der Waals surface area contributed by atoms with Crippen LogP contribution >= 0.6 is 0 Å².